The third-order valence-corrected chi connectivity index (χ3v) is 5.50. The SMILES string of the molecule is CCn1c(O)c(C(N)=O)c(C)c(N=Nc2cc(Nc3nc(N)nc(F)n3)ccc2S(=O)(=O)O)c1=O. The number of nitrogens with two attached hydrogens (primary N) is 2. The molecule has 15 nitrogen and oxygen atoms in total. The lowest BCUT2D eigenvalue weighted by Gasteiger charge is -2.13. The van der Waals surface area contributed by atoms with Crippen molar-refractivity contribution in [1.82, 2.24) is 19.5 Å². The highest BCUT2D eigenvalue weighted by molar-refractivity contribution is 7.86. The van der Waals surface area contributed by atoms with Gasteiger partial charge in [0.15, 0.2) is 5.69 Å². The first kappa shape index (κ1) is 25.1. The Morgan fingerprint density at radius 3 is 2.51 bits per heavy atom. The number of primary amides is 1. The molecule has 0 atom stereocenters. The molecular formula is C18H18FN9O6S. The maximum Gasteiger partial charge on any atom is 0.315 e. The molecule has 0 unspecified atom stereocenters. The summed E-state index contributed by atoms with van der Waals surface area (Å²) >= 11 is 0. The van der Waals surface area contributed by atoms with E-state index < -0.39 is 55.8 Å². The van der Waals surface area contributed by atoms with Gasteiger partial charge in [0.25, 0.3) is 21.6 Å². The molecule has 35 heavy (non-hydrogen) atoms. The molecule has 184 valence electrons. The van der Waals surface area contributed by atoms with Gasteiger partial charge < -0.3 is 21.9 Å². The number of benzene rings is 1. The van der Waals surface area contributed by atoms with E-state index in [0.29, 0.717) is 0 Å². The number of rotatable bonds is 7. The largest absolute Gasteiger partial charge is 0.494 e. The van der Waals surface area contributed by atoms with Gasteiger partial charge in [-0.15, -0.1) is 10.2 Å². The minimum Gasteiger partial charge on any atom is -0.494 e. The number of pyridine rings is 1. The first-order valence-corrected chi connectivity index (χ1v) is 11.0. The molecule has 2 heterocycles. The zero-order valence-electron chi connectivity index (χ0n) is 18.1. The highest BCUT2D eigenvalue weighted by Gasteiger charge is 2.23. The number of halogens is 1. The fourth-order valence-electron chi connectivity index (χ4n) is 3.06. The minimum absolute atomic E-state index is 0.0466. The van der Waals surface area contributed by atoms with Crippen LogP contribution in [-0.4, -0.2) is 43.5 Å². The number of amides is 1. The monoisotopic (exact) mass is 507 g/mol. The van der Waals surface area contributed by atoms with Gasteiger partial charge in [0.1, 0.15) is 16.1 Å². The van der Waals surface area contributed by atoms with E-state index in [0.717, 1.165) is 16.7 Å². The van der Waals surface area contributed by atoms with E-state index in [4.69, 9.17) is 11.5 Å². The van der Waals surface area contributed by atoms with E-state index in [1.165, 1.54) is 19.9 Å². The Balaban J connectivity index is 2.16. The van der Waals surface area contributed by atoms with Crippen LogP contribution in [0.1, 0.15) is 22.8 Å². The van der Waals surface area contributed by atoms with Gasteiger partial charge in [0.05, 0.1) is 0 Å². The number of aromatic nitrogens is 4. The maximum absolute atomic E-state index is 13.4. The van der Waals surface area contributed by atoms with Gasteiger partial charge in [-0.05, 0) is 32.0 Å². The van der Waals surface area contributed by atoms with Crippen molar-refractivity contribution in [1.29, 1.82) is 0 Å². The summed E-state index contributed by atoms with van der Waals surface area (Å²) in [5, 5.41) is 20.3. The van der Waals surface area contributed by atoms with E-state index in [9.17, 15) is 32.1 Å². The molecule has 0 radical (unpaired) electrons. The van der Waals surface area contributed by atoms with Crippen molar-refractivity contribution >= 4 is 45.0 Å². The second-order valence-corrected chi connectivity index (χ2v) is 8.24. The van der Waals surface area contributed by atoms with Crippen molar-refractivity contribution in [3.63, 3.8) is 0 Å². The summed E-state index contributed by atoms with van der Waals surface area (Å²) in [6.45, 7) is 2.76. The van der Waals surface area contributed by atoms with Gasteiger partial charge in [-0.2, -0.15) is 27.8 Å². The Morgan fingerprint density at radius 2 is 1.94 bits per heavy atom. The number of hydrogen-bond acceptors (Lipinski definition) is 12. The zero-order chi connectivity index (χ0) is 26.1. The summed E-state index contributed by atoms with van der Waals surface area (Å²) in [4.78, 5) is 34.1. The first-order chi connectivity index (χ1) is 16.3. The number of carbonyl (C=O) groups is 1. The topological polar surface area (TPSA) is 241 Å². The van der Waals surface area contributed by atoms with Crippen LogP contribution in [0.3, 0.4) is 0 Å². The Kier molecular flexibility index (Phi) is 6.74. The minimum atomic E-state index is -4.80. The van der Waals surface area contributed by atoms with Crippen LogP contribution in [0.4, 0.5) is 33.3 Å². The molecule has 1 amide bonds. The Morgan fingerprint density at radius 1 is 1.26 bits per heavy atom. The molecular weight excluding hydrogens is 489 g/mol. The van der Waals surface area contributed by atoms with E-state index >= 15 is 0 Å². The molecule has 17 heteroatoms. The van der Waals surface area contributed by atoms with Crippen molar-refractivity contribution in [2.24, 2.45) is 16.0 Å². The van der Waals surface area contributed by atoms with Gasteiger partial charge in [-0.1, -0.05) is 0 Å². The number of nitrogens with zero attached hydrogens (tertiary/aromatic N) is 6. The summed E-state index contributed by atoms with van der Waals surface area (Å²) in [5.74, 6) is -2.43. The lowest BCUT2D eigenvalue weighted by molar-refractivity contribution is 0.0995. The lowest BCUT2D eigenvalue weighted by atomic mass is 10.1. The summed E-state index contributed by atoms with van der Waals surface area (Å²) < 4.78 is 47.4. The van der Waals surface area contributed by atoms with Crippen LogP contribution in [0.2, 0.25) is 0 Å². The lowest BCUT2D eigenvalue weighted by Crippen LogP contribution is -2.25. The second-order valence-electron chi connectivity index (χ2n) is 6.85. The number of carbonyl (C=O) groups excluding carboxylic acids is 1. The van der Waals surface area contributed by atoms with Crippen LogP contribution < -0.4 is 22.3 Å². The Bertz CT molecular complexity index is 1520. The predicted molar refractivity (Wildman–Crippen MR) is 119 cm³/mol. The van der Waals surface area contributed by atoms with Gasteiger partial charge in [0, 0.05) is 17.8 Å². The molecule has 0 saturated carbocycles. The number of hydrogen-bond donors (Lipinski definition) is 5. The maximum atomic E-state index is 13.4. The Labute approximate surface area is 196 Å². The van der Waals surface area contributed by atoms with E-state index in [1.54, 1.807) is 0 Å². The molecule has 3 rings (SSSR count). The number of aromatic hydroxyl groups is 1. The highest BCUT2D eigenvalue weighted by atomic mass is 32.2. The highest BCUT2D eigenvalue weighted by Crippen LogP contribution is 2.32. The van der Waals surface area contributed by atoms with Crippen LogP contribution >= 0.6 is 0 Å². The molecule has 0 fully saturated rings. The number of nitrogen functional groups attached to an aromatic ring is 1. The van der Waals surface area contributed by atoms with Gasteiger partial charge in [0.2, 0.25) is 17.8 Å². The number of anilines is 3. The fourth-order valence-corrected chi connectivity index (χ4v) is 3.66. The molecule has 0 aliphatic rings. The number of azo groups is 1. The molecule has 0 spiro atoms. The Hall–Kier alpha value is -4.51. The van der Waals surface area contributed by atoms with Gasteiger partial charge in [-0.25, -0.2) is 0 Å². The summed E-state index contributed by atoms with van der Waals surface area (Å²) in [5.41, 5.74) is 8.56. The molecule has 7 N–H and O–H groups in total. The summed E-state index contributed by atoms with van der Waals surface area (Å²) in [6.07, 6.45) is -1.17. The second kappa shape index (κ2) is 9.39. The average molecular weight is 507 g/mol. The third kappa shape index (κ3) is 5.20. The standard InChI is InChI=1S/C18H18FN9O6S/c1-3-28-14(30)11(13(20)29)7(2)12(15(28)31)27-26-9-6-8(4-5-10(9)35(32,33)34)22-18-24-16(19)23-17(21)25-18/h4-6,30H,3H2,1-2H3,(H2,20,29)(H,32,33,34)(H3,21,22,23,24,25). The van der Waals surface area contributed by atoms with Crippen LogP contribution in [0.15, 0.2) is 38.1 Å². The van der Waals surface area contributed by atoms with Crippen molar-refractivity contribution < 1.29 is 27.3 Å². The predicted octanol–water partition coefficient (Wildman–Crippen LogP) is 1.29. The normalized spacial score (nSPS) is 11.7. The van der Waals surface area contributed by atoms with Crippen LogP contribution in [0.25, 0.3) is 0 Å². The van der Waals surface area contributed by atoms with E-state index in [1.807, 2.05) is 0 Å². The van der Waals surface area contributed by atoms with Gasteiger partial charge >= 0.3 is 6.08 Å². The summed E-state index contributed by atoms with van der Waals surface area (Å²) in [7, 11) is -4.80. The smallest absolute Gasteiger partial charge is 0.315 e. The van der Waals surface area contributed by atoms with Crippen LogP contribution in [0, 0.1) is 13.0 Å². The van der Waals surface area contributed by atoms with Crippen molar-refractivity contribution in [2.75, 3.05) is 11.1 Å². The molecule has 0 aliphatic heterocycles. The molecule has 0 saturated heterocycles. The van der Waals surface area contributed by atoms with Crippen molar-refractivity contribution in [3.05, 3.63) is 45.8 Å². The third-order valence-electron chi connectivity index (χ3n) is 4.60. The fraction of sp³-hybridized carbons (Fsp3) is 0.167. The molecule has 0 bridgehead atoms. The van der Waals surface area contributed by atoms with E-state index in [2.05, 4.69) is 30.5 Å². The summed E-state index contributed by atoms with van der Waals surface area (Å²) in [6, 6.07) is 3.21. The quantitative estimate of drug-likeness (QED) is 0.225. The van der Waals surface area contributed by atoms with Crippen LogP contribution in [0.5, 0.6) is 5.88 Å². The zero-order valence-corrected chi connectivity index (χ0v) is 18.9. The average Bonchev–Trinajstić information content (AvgIpc) is 2.72. The molecule has 1 aromatic carbocycles. The first-order valence-electron chi connectivity index (χ1n) is 9.57. The molecule has 0 aliphatic carbocycles. The molecule has 2 aromatic heterocycles. The molecule has 3 aromatic rings. The van der Waals surface area contributed by atoms with Gasteiger partial charge in [-0.3, -0.25) is 18.7 Å². The van der Waals surface area contributed by atoms with E-state index in [-0.39, 0.29) is 29.3 Å². The van der Waals surface area contributed by atoms with Crippen molar-refractivity contribution in [2.45, 2.75) is 25.3 Å². The van der Waals surface area contributed by atoms with Crippen LogP contribution in [-0.2, 0) is 16.7 Å². The number of nitrogens with one attached hydrogen (secondary N) is 1. The van der Waals surface area contributed by atoms with Crippen molar-refractivity contribution in [3.8, 4) is 5.88 Å².